The van der Waals surface area contributed by atoms with Crippen molar-refractivity contribution in [1.82, 2.24) is 10.2 Å². The summed E-state index contributed by atoms with van der Waals surface area (Å²) in [4.78, 5) is 2.03. The molecule has 0 bridgehead atoms. The molecule has 7 heteroatoms. The summed E-state index contributed by atoms with van der Waals surface area (Å²) >= 11 is 5.86. The number of halogens is 4. The molecule has 0 spiro atoms. The van der Waals surface area contributed by atoms with Crippen molar-refractivity contribution in [1.29, 1.82) is 0 Å². The summed E-state index contributed by atoms with van der Waals surface area (Å²) in [5.41, 5.74) is -0.587. The van der Waals surface area contributed by atoms with Crippen LogP contribution in [0.25, 0.3) is 0 Å². The Labute approximate surface area is 114 Å². The summed E-state index contributed by atoms with van der Waals surface area (Å²) in [7, 11) is 0. The standard InChI is InChI=1S/C12H14ClF3N2O/c13-10-5-8(12(14,15)16)6-11(19)9(10)7-18-3-1-17-2-4-18/h5-6,17,19H,1-4,7H2. The third-order valence-electron chi connectivity index (χ3n) is 3.09. The normalized spacial score (nSPS) is 17.7. The van der Waals surface area contributed by atoms with Crippen molar-refractivity contribution in [3.05, 3.63) is 28.3 Å². The molecule has 0 aliphatic carbocycles. The molecule has 0 unspecified atom stereocenters. The molecular weight excluding hydrogens is 281 g/mol. The summed E-state index contributed by atoms with van der Waals surface area (Å²) in [6.07, 6.45) is -4.51. The molecular formula is C12H14ClF3N2O. The van der Waals surface area contributed by atoms with Crippen molar-refractivity contribution in [3.8, 4) is 5.75 Å². The molecule has 1 aromatic rings. The molecule has 1 saturated heterocycles. The van der Waals surface area contributed by atoms with Gasteiger partial charge in [0, 0.05) is 43.3 Å². The lowest BCUT2D eigenvalue weighted by Gasteiger charge is -2.27. The van der Waals surface area contributed by atoms with E-state index in [4.69, 9.17) is 11.6 Å². The van der Waals surface area contributed by atoms with Gasteiger partial charge in [-0.3, -0.25) is 4.90 Å². The Morgan fingerprint density at radius 2 is 1.89 bits per heavy atom. The third kappa shape index (κ3) is 3.52. The first-order valence-electron chi connectivity index (χ1n) is 5.89. The molecule has 0 amide bonds. The summed E-state index contributed by atoms with van der Waals surface area (Å²) in [6, 6.07) is 1.59. The third-order valence-corrected chi connectivity index (χ3v) is 3.43. The van der Waals surface area contributed by atoms with Gasteiger partial charge in [0.25, 0.3) is 0 Å². The number of hydrogen-bond donors (Lipinski definition) is 2. The molecule has 1 aliphatic heterocycles. The van der Waals surface area contributed by atoms with Gasteiger partial charge in [-0.25, -0.2) is 0 Å². The maximum Gasteiger partial charge on any atom is 0.416 e. The average Bonchev–Trinajstić information content (AvgIpc) is 2.33. The first-order valence-corrected chi connectivity index (χ1v) is 6.27. The number of piperazine rings is 1. The zero-order chi connectivity index (χ0) is 14.0. The zero-order valence-electron chi connectivity index (χ0n) is 10.1. The highest BCUT2D eigenvalue weighted by atomic mass is 35.5. The number of aromatic hydroxyl groups is 1. The molecule has 1 aliphatic rings. The van der Waals surface area contributed by atoms with E-state index in [9.17, 15) is 18.3 Å². The molecule has 1 fully saturated rings. The minimum Gasteiger partial charge on any atom is -0.508 e. The van der Waals surface area contributed by atoms with Crippen molar-refractivity contribution >= 4 is 11.6 Å². The Kier molecular flexibility index (Phi) is 4.23. The summed E-state index contributed by atoms with van der Waals surface area (Å²) < 4.78 is 37.6. The van der Waals surface area contributed by atoms with Crippen LogP contribution < -0.4 is 5.32 Å². The van der Waals surface area contributed by atoms with E-state index < -0.39 is 17.5 Å². The van der Waals surface area contributed by atoms with Gasteiger partial charge in [0.2, 0.25) is 0 Å². The number of nitrogens with zero attached hydrogens (tertiary/aromatic N) is 1. The minimum absolute atomic E-state index is 0.0501. The SMILES string of the molecule is Oc1cc(C(F)(F)F)cc(Cl)c1CN1CCNCC1. The second-order valence-corrected chi connectivity index (χ2v) is 4.89. The molecule has 19 heavy (non-hydrogen) atoms. The van der Waals surface area contributed by atoms with Gasteiger partial charge in [0.1, 0.15) is 5.75 Å². The zero-order valence-corrected chi connectivity index (χ0v) is 10.9. The molecule has 2 rings (SSSR count). The molecule has 0 radical (unpaired) electrons. The monoisotopic (exact) mass is 294 g/mol. The van der Waals surface area contributed by atoms with Crippen LogP contribution in [0.2, 0.25) is 5.02 Å². The van der Waals surface area contributed by atoms with Gasteiger partial charge in [0.15, 0.2) is 0 Å². The predicted octanol–water partition coefficient (Wildman–Crippen LogP) is 2.47. The fraction of sp³-hybridized carbons (Fsp3) is 0.500. The summed E-state index contributed by atoms with van der Waals surface area (Å²) in [5.74, 6) is -0.404. The fourth-order valence-electron chi connectivity index (χ4n) is 2.04. The number of alkyl halides is 3. The number of phenolic OH excluding ortho intramolecular Hbond substituents is 1. The van der Waals surface area contributed by atoms with Gasteiger partial charge in [0.05, 0.1) is 5.56 Å². The van der Waals surface area contributed by atoms with Crippen LogP contribution in [0.1, 0.15) is 11.1 Å². The second-order valence-electron chi connectivity index (χ2n) is 4.48. The fourth-order valence-corrected chi connectivity index (χ4v) is 2.31. The molecule has 0 saturated carbocycles. The van der Waals surface area contributed by atoms with Crippen molar-refractivity contribution in [2.75, 3.05) is 26.2 Å². The van der Waals surface area contributed by atoms with E-state index in [1.165, 1.54) is 0 Å². The van der Waals surface area contributed by atoms with Crippen LogP contribution in [0.5, 0.6) is 5.75 Å². The van der Waals surface area contributed by atoms with Crippen LogP contribution in [-0.4, -0.2) is 36.2 Å². The number of benzene rings is 1. The van der Waals surface area contributed by atoms with Crippen molar-refractivity contribution < 1.29 is 18.3 Å². The lowest BCUT2D eigenvalue weighted by atomic mass is 10.1. The maximum atomic E-state index is 12.5. The molecule has 1 heterocycles. The van der Waals surface area contributed by atoms with E-state index in [0.717, 1.165) is 38.3 Å². The highest BCUT2D eigenvalue weighted by Crippen LogP contribution is 2.37. The van der Waals surface area contributed by atoms with Crippen molar-refractivity contribution in [3.63, 3.8) is 0 Å². The predicted molar refractivity (Wildman–Crippen MR) is 66.3 cm³/mol. The van der Waals surface area contributed by atoms with Crippen LogP contribution in [0, 0.1) is 0 Å². The van der Waals surface area contributed by atoms with Crippen molar-refractivity contribution in [2.24, 2.45) is 0 Å². The van der Waals surface area contributed by atoms with E-state index in [0.29, 0.717) is 12.1 Å². The lowest BCUT2D eigenvalue weighted by Crippen LogP contribution is -2.42. The topological polar surface area (TPSA) is 35.5 Å². The number of rotatable bonds is 2. The van der Waals surface area contributed by atoms with E-state index in [-0.39, 0.29) is 5.02 Å². The highest BCUT2D eigenvalue weighted by molar-refractivity contribution is 6.31. The molecule has 0 atom stereocenters. The Balaban J connectivity index is 2.21. The van der Waals surface area contributed by atoms with E-state index in [1.54, 1.807) is 0 Å². The van der Waals surface area contributed by atoms with Crippen LogP contribution in [-0.2, 0) is 12.7 Å². The molecule has 0 aromatic heterocycles. The lowest BCUT2D eigenvalue weighted by molar-refractivity contribution is -0.137. The van der Waals surface area contributed by atoms with Crippen LogP contribution >= 0.6 is 11.6 Å². The minimum atomic E-state index is -4.51. The number of hydrogen-bond acceptors (Lipinski definition) is 3. The average molecular weight is 295 g/mol. The number of nitrogens with one attached hydrogen (secondary N) is 1. The Hall–Kier alpha value is -0.980. The Bertz CT molecular complexity index is 436. The maximum absolute atomic E-state index is 12.5. The van der Waals surface area contributed by atoms with Crippen LogP contribution in [0.15, 0.2) is 12.1 Å². The van der Waals surface area contributed by atoms with Gasteiger partial charge in [-0.05, 0) is 12.1 Å². The second kappa shape index (κ2) is 5.56. The van der Waals surface area contributed by atoms with Gasteiger partial charge >= 0.3 is 6.18 Å². The van der Waals surface area contributed by atoms with E-state index >= 15 is 0 Å². The van der Waals surface area contributed by atoms with Gasteiger partial charge in [-0.2, -0.15) is 13.2 Å². The molecule has 1 aromatic carbocycles. The summed E-state index contributed by atoms with van der Waals surface area (Å²) in [6.45, 7) is 3.54. The van der Waals surface area contributed by atoms with Gasteiger partial charge in [-0.1, -0.05) is 11.6 Å². The molecule has 2 N–H and O–H groups in total. The van der Waals surface area contributed by atoms with E-state index in [2.05, 4.69) is 5.32 Å². The quantitative estimate of drug-likeness (QED) is 0.879. The van der Waals surface area contributed by atoms with Crippen LogP contribution in [0.4, 0.5) is 13.2 Å². The number of phenols is 1. The van der Waals surface area contributed by atoms with Crippen molar-refractivity contribution in [2.45, 2.75) is 12.7 Å². The largest absolute Gasteiger partial charge is 0.508 e. The summed E-state index contributed by atoms with van der Waals surface area (Å²) in [5, 5.41) is 12.9. The van der Waals surface area contributed by atoms with Gasteiger partial charge < -0.3 is 10.4 Å². The first kappa shape index (κ1) is 14.4. The smallest absolute Gasteiger partial charge is 0.416 e. The Morgan fingerprint density at radius 3 is 2.42 bits per heavy atom. The Morgan fingerprint density at radius 1 is 1.26 bits per heavy atom. The van der Waals surface area contributed by atoms with Gasteiger partial charge in [-0.15, -0.1) is 0 Å². The first-order chi connectivity index (χ1) is 8.88. The molecule has 3 nitrogen and oxygen atoms in total. The highest BCUT2D eigenvalue weighted by Gasteiger charge is 2.32. The van der Waals surface area contributed by atoms with E-state index in [1.807, 2.05) is 4.90 Å². The van der Waals surface area contributed by atoms with Crippen LogP contribution in [0.3, 0.4) is 0 Å². The molecule has 106 valence electrons.